The average molecular weight is 388 g/mol. The Bertz CT molecular complexity index is 713. The van der Waals surface area contributed by atoms with Gasteiger partial charge in [-0.25, -0.2) is 0 Å². The summed E-state index contributed by atoms with van der Waals surface area (Å²) in [6.45, 7) is 8.61. The van der Waals surface area contributed by atoms with Crippen LogP contribution in [0.25, 0.3) is 0 Å². The lowest BCUT2D eigenvalue weighted by Crippen LogP contribution is -2.49. The zero-order valence-electron chi connectivity index (χ0n) is 17.0. The predicted molar refractivity (Wildman–Crippen MR) is 106 cm³/mol. The van der Waals surface area contributed by atoms with Crippen LogP contribution in [-0.4, -0.2) is 48.9 Å². The van der Waals surface area contributed by atoms with Gasteiger partial charge in [0, 0.05) is 13.0 Å². The van der Waals surface area contributed by atoms with Crippen LogP contribution in [0, 0.1) is 0 Å². The van der Waals surface area contributed by atoms with E-state index in [9.17, 15) is 9.59 Å². The normalized spacial score (nSPS) is 24.1. The van der Waals surface area contributed by atoms with Crippen LogP contribution in [0.5, 0.6) is 0 Å². The fourth-order valence-corrected chi connectivity index (χ4v) is 3.30. The first kappa shape index (κ1) is 20.8. The average Bonchev–Trinajstić information content (AvgIpc) is 3.21. The molecule has 2 heterocycles. The first-order valence-electron chi connectivity index (χ1n) is 9.75. The van der Waals surface area contributed by atoms with Crippen molar-refractivity contribution in [3.05, 3.63) is 29.8 Å². The molecule has 8 heteroatoms. The zero-order chi connectivity index (χ0) is 20.5. The maximum Gasteiger partial charge on any atom is 0.494 e. The largest absolute Gasteiger partial charge is 0.494 e. The summed E-state index contributed by atoms with van der Waals surface area (Å²) in [4.78, 5) is 24.0. The summed E-state index contributed by atoms with van der Waals surface area (Å²) in [5.41, 5.74) is 6.47. The fraction of sp³-hybridized carbons (Fsp3) is 0.600. The molecule has 2 aliphatic heterocycles. The molecule has 2 atom stereocenters. The molecule has 0 radical (unpaired) electrons. The van der Waals surface area contributed by atoms with Crippen molar-refractivity contribution in [2.45, 2.75) is 70.3 Å². The first-order chi connectivity index (χ1) is 13.1. The van der Waals surface area contributed by atoms with Crippen LogP contribution in [-0.2, 0) is 30.1 Å². The van der Waals surface area contributed by atoms with Gasteiger partial charge in [0.25, 0.3) is 0 Å². The summed E-state index contributed by atoms with van der Waals surface area (Å²) in [7, 11) is -0.440. The van der Waals surface area contributed by atoms with Gasteiger partial charge in [-0.3, -0.25) is 9.59 Å². The van der Waals surface area contributed by atoms with Gasteiger partial charge in [0.1, 0.15) is 12.1 Å². The second kappa shape index (κ2) is 7.85. The van der Waals surface area contributed by atoms with Crippen molar-refractivity contribution in [1.82, 2.24) is 5.32 Å². The van der Waals surface area contributed by atoms with Crippen molar-refractivity contribution in [2.75, 3.05) is 6.61 Å². The zero-order valence-corrected chi connectivity index (χ0v) is 17.0. The quantitative estimate of drug-likeness (QED) is 0.699. The number of ether oxygens (including phenoxy) is 1. The van der Waals surface area contributed by atoms with E-state index in [-0.39, 0.29) is 5.91 Å². The van der Waals surface area contributed by atoms with E-state index in [1.165, 1.54) is 0 Å². The van der Waals surface area contributed by atoms with Crippen LogP contribution in [0.3, 0.4) is 0 Å². The molecule has 7 nitrogen and oxygen atoms in total. The van der Waals surface area contributed by atoms with Crippen LogP contribution in [0.2, 0.25) is 0 Å². The minimum absolute atomic E-state index is 0.282. The van der Waals surface area contributed by atoms with Gasteiger partial charge in [0.05, 0.1) is 11.2 Å². The highest BCUT2D eigenvalue weighted by atomic mass is 16.7. The van der Waals surface area contributed by atoms with E-state index < -0.39 is 36.4 Å². The lowest BCUT2D eigenvalue weighted by Gasteiger charge is -2.32. The molecular weight excluding hydrogens is 359 g/mol. The number of nitrogens with one attached hydrogen (secondary N) is 1. The third kappa shape index (κ3) is 4.40. The fourth-order valence-electron chi connectivity index (χ4n) is 3.30. The number of amides is 2. The van der Waals surface area contributed by atoms with Crippen molar-refractivity contribution in [2.24, 2.45) is 5.73 Å². The number of benzene rings is 1. The summed E-state index contributed by atoms with van der Waals surface area (Å²) in [5.74, 6) is -0.850. The second-order valence-corrected chi connectivity index (χ2v) is 8.50. The SMILES string of the molecule is CC1(C)OB(c2ccc(C[C@H](NC(=O)[C@H]3CCCO3)C(N)=O)cc2)OC1(C)C. The van der Waals surface area contributed by atoms with Gasteiger partial charge in [-0.05, 0) is 51.6 Å². The Hall–Kier alpha value is -1.90. The van der Waals surface area contributed by atoms with Crippen molar-refractivity contribution >= 4 is 24.4 Å². The van der Waals surface area contributed by atoms with Crippen LogP contribution in [0.15, 0.2) is 24.3 Å². The maximum absolute atomic E-state index is 12.2. The van der Waals surface area contributed by atoms with Crippen LogP contribution < -0.4 is 16.5 Å². The molecule has 3 rings (SSSR count). The molecule has 2 aliphatic rings. The third-order valence-electron chi connectivity index (χ3n) is 5.83. The molecule has 0 aliphatic carbocycles. The summed E-state index contributed by atoms with van der Waals surface area (Å²) in [5, 5.41) is 2.71. The molecule has 152 valence electrons. The van der Waals surface area contributed by atoms with Crippen molar-refractivity contribution in [1.29, 1.82) is 0 Å². The van der Waals surface area contributed by atoms with Crippen molar-refractivity contribution in [3.63, 3.8) is 0 Å². The highest BCUT2D eigenvalue weighted by Crippen LogP contribution is 2.36. The van der Waals surface area contributed by atoms with E-state index in [1.807, 2.05) is 52.0 Å². The minimum Gasteiger partial charge on any atom is -0.399 e. The number of rotatable bonds is 6. The minimum atomic E-state index is -0.778. The third-order valence-corrected chi connectivity index (χ3v) is 5.83. The Morgan fingerprint density at radius 3 is 2.29 bits per heavy atom. The molecule has 3 N–H and O–H groups in total. The Kier molecular flexibility index (Phi) is 5.84. The van der Waals surface area contributed by atoms with E-state index in [0.717, 1.165) is 17.4 Å². The number of nitrogens with two attached hydrogens (primary N) is 1. The molecule has 2 fully saturated rings. The number of carbonyl (C=O) groups is 2. The Morgan fingerprint density at radius 1 is 1.18 bits per heavy atom. The van der Waals surface area contributed by atoms with Gasteiger partial charge in [0.2, 0.25) is 11.8 Å². The molecule has 0 saturated carbocycles. The lowest BCUT2D eigenvalue weighted by atomic mass is 9.78. The topological polar surface area (TPSA) is 99.9 Å². The monoisotopic (exact) mass is 388 g/mol. The van der Waals surface area contributed by atoms with Gasteiger partial charge >= 0.3 is 7.12 Å². The smallest absolute Gasteiger partial charge is 0.399 e. The Labute approximate surface area is 166 Å². The number of primary amides is 1. The summed E-state index contributed by atoms with van der Waals surface area (Å²) < 4.78 is 17.5. The van der Waals surface area contributed by atoms with E-state index >= 15 is 0 Å². The standard InChI is InChI=1S/C20H29BN2O5/c1-19(2)20(3,4)28-21(27-19)14-9-7-13(8-10-14)12-15(17(22)24)23-18(25)16-6-5-11-26-16/h7-10,15-16H,5-6,11-12H2,1-4H3,(H2,22,24)(H,23,25)/t15-,16+/m0/s1. The summed E-state index contributed by atoms with van der Waals surface area (Å²) in [6, 6.07) is 6.84. The first-order valence-corrected chi connectivity index (χ1v) is 9.75. The molecule has 0 spiro atoms. The highest BCUT2D eigenvalue weighted by molar-refractivity contribution is 6.62. The van der Waals surface area contributed by atoms with Gasteiger partial charge in [-0.15, -0.1) is 0 Å². The number of hydrogen-bond donors (Lipinski definition) is 2. The second-order valence-electron chi connectivity index (χ2n) is 8.50. The molecule has 2 saturated heterocycles. The van der Waals surface area contributed by atoms with Gasteiger partial charge in [-0.1, -0.05) is 24.3 Å². The maximum atomic E-state index is 12.2. The molecule has 1 aromatic carbocycles. The van der Waals surface area contributed by atoms with Gasteiger partial charge < -0.3 is 25.1 Å². The van der Waals surface area contributed by atoms with Crippen LogP contribution >= 0.6 is 0 Å². The van der Waals surface area contributed by atoms with Crippen LogP contribution in [0.4, 0.5) is 0 Å². The molecule has 0 bridgehead atoms. The van der Waals surface area contributed by atoms with E-state index in [2.05, 4.69) is 5.32 Å². The van der Waals surface area contributed by atoms with Crippen LogP contribution in [0.1, 0.15) is 46.1 Å². The molecule has 28 heavy (non-hydrogen) atoms. The van der Waals surface area contributed by atoms with E-state index in [0.29, 0.717) is 19.4 Å². The Morgan fingerprint density at radius 2 is 1.79 bits per heavy atom. The molecule has 2 amide bonds. The molecule has 0 aromatic heterocycles. The van der Waals surface area contributed by atoms with Gasteiger partial charge in [-0.2, -0.15) is 0 Å². The lowest BCUT2D eigenvalue weighted by molar-refractivity contribution is -0.133. The molecule has 0 unspecified atom stereocenters. The molecular formula is C20H29BN2O5. The predicted octanol–water partition coefficient (Wildman–Crippen LogP) is 0.677. The van der Waals surface area contributed by atoms with Crippen molar-refractivity contribution in [3.8, 4) is 0 Å². The number of hydrogen-bond acceptors (Lipinski definition) is 5. The summed E-state index contributed by atoms with van der Waals surface area (Å²) in [6.07, 6.45) is 1.34. The van der Waals surface area contributed by atoms with E-state index in [4.69, 9.17) is 19.8 Å². The molecule has 1 aromatic rings. The Balaban J connectivity index is 1.63. The highest BCUT2D eigenvalue weighted by Gasteiger charge is 2.51. The summed E-state index contributed by atoms with van der Waals surface area (Å²) >= 11 is 0. The van der Waals surface area contributed by atoms with Crippen molar-refractivity contribution < 1.29 is 23.6 Å². The van der Waals surface area contributed by atoms with Gasteiger partial charge in [0.15, 0.2) is 0 Å². The van der Waals surface area contributed by atoms with E-state index in [1.54, 1.807) is 0 Å². The number of carbonyl (C=O) groups excluding carboxylic acids is 2.